The standard InChI is InChI=1S/C23H30NO4P/c1-26-20-10-9-17(15-21(20)27-2)22-18-7-5-6-8-19(18)23(28-22)11-13-24(14-12-23)16-29(3,4)25/h5-10,15,22H,11-14,16H2,1-4H3. The van der Waals surface area contributed by atoms with E-state index in [-0.39, 0.29) is 11.7 Å². The molecule has 0 amide bonds. The minimum atomic E-state index is -2.06. The van der Waals surface area contributed by atoms with Gasteiger partial charge >= 0.3 is 0 Å². The molecule has 2 heterocycles. The molecule has 2 aliphatic heterocycles. The summed E-state index contributed by atoms with van der Waals surface area (Å²) in [6, 6.07) is 14.6. The highest BCUT2D eigenvalue weighted by atomic mass is 31.2. The Kier molecular flexibility index (Phi) is 5.50. The fraction of sp³-hybridized carbons (Fsp3) is 0.478. The van der Waals surface area contributed by atoms with Gasteiger partial charge in [-0.1, -0.05) is 30.3 Å². The van der Waals surface area contributed by atoms with E-state index in [2.05, 4.69) is 35.2 Å². The Labute approximate surface area is 173 Å². The lowest BCUT2D eigenvalue weighted by Gasteiger charge is -2.40. The van der Waals surface area contributed by atoms with Gasteiger partial charge in [0, 0.05) is 13.1 Å². The zero-order chi connectivity index (χ0) is 20.6. The zero-order valence-electron chi connectivity index (χ0n) is 17.7. The van der Waals surface area contributed by atoms with Gasteiger partial charge in [0.2, 0.25) is 0 Å². The molecule has 2 aliphatic rings. The number of hydrogen-bond donors (Lipinski definition) is 0. The SMILES string of the molecule is COc1ccc(C2OC3(CCN(CP(C)(C)=O)CC3)c3ccccc32)cc1OC. The van der Waals surface area contributed by atoms with E-state index in [0.717, 1.165) is 31.5 Å². The first-order chi connectivity index (χ1) is 13.8. The fourth-order valence-corrected chi connectivity index (χ4v) is 5.93. The third kappa shape index (κ3) is 3.96. The van der Waals surface area contributed by atoms with Crippen LogP contribution in [0.2, 0.25) is 0 Å². The summed E-state index contributed by atoms with van der Waals surface area (Å²) in [6.07, 6.45) is 2.38. The molecule has 0 N–H and O–H groups in total. The van der Waals surface area contributed by atoms with Crippen LogP contribution in [-0.2, 0) is 14.9 Å². The summed E-state index contributed by atoms with van der Waals surface area (Å²) in [5, 5.41) is 0. The topological polar surface area (TPSA) is 48.0 Å². The number of nitrogens with zero attached hydrogens (tertiary/aromatic N) is 1. The van der Waals surface area contributed by atoms with Crippen molar-refractivity contribution in [1.29, 1.82) is 0 Å². The van der Waals surface area contributed by atoms with E-state index in [4.69, 9.17) is 14.2 Å². The highest BCUT2D eigenvalue weighted by Crippen LogP contribution is 2.52. The Morgan fingerprint density at radius 3 is 2.41 bits per heavy atom. The minimum absolute atomic E-state index is 0.124. The van der Waals surface area contributed by atoms with Gasteiger partial charge in [-0.2, -0.15) is 0 Å². The summed E-state index contributed by atoms with van der Waals surface area (Å²) in [7, 11) is 1.24. The average Bonchev–Trinajstić information content (AvgIpc) is 3.03. The molecule has 0 aromatic heterocycles. The number of rotatable bonds is 5. The zero-order valence-corrected chi connectivity index (χ0v) is 18.6. The summed E-state index contributed by atoms with van der Waals surface area (Å²) in [5.74, 6) is 1.43. The van der Waals surface area contributed by atoms with Crippen LogP contribution >= 0.6 is 7.14 Å². The van der Waals surface area contributed by atoms with Gasteiger partial charge in [-0.15, -0.1) is 0 Å². The molecule has 1 fully saturated rings. The monoisotopic (exact) mass is 415 g/mol. The molecule has 2 aromatic carbocycles. The molecule has 6 heteroatoms. The summed E-state index contributed by atoms with van der Waals surface area (Å²) in [6.45, 7) is 5.54. The van der Waals surface area contributed by atoms with Crippen molar-refractivity contribution in [3.8, 4) is 11.5 Å². The van der Waals surface area contributed by atoms with E-state index < -0.39 is 7.14 Å². The second-order valence-corrected chi connectivity index (χ2v) is 12.0. The smallest absolute Gasteiger partial charge is 0.161 e. The van der Waals surface area contributed by atoms with Crippen LogP contribution in [0.1, 0.15) is 35.6 Å². The predicted molar refractivity (Wildman–Crippen MR) is 116 cm³/mol. The van der Waals surface area contributed by atoms with E-state index in [0.29, 0.717) is 17.8 Å². The van der Waals surface area contributed by atoms with Gasteiger partial charge in [0.15, 0.2) is 11.5 Å². The maximum Gasteiger partial charge on any atom is 0.161 e. The molecule has 1 unspecified atom stereocenters. The Bertz CT molecular complexity index is 930. The lowest BCUT2D eigenvalue weighted by molar-refractivity contribution is -0.0950. The lowest BCUT2D eigenvalue weighted by Crippen LogP contribution is -2.42. The van der Waals surface area contributed by atoms with Crippen LogP contribution in [0, 0.1) is 0 Å². The number of hydrogen-bond acceptors (Lipinski definition) is 5. The van der Waals surface area contributed by atoms with Crippen molar-refractivity contribution in [3.63, 3.8) is 0 Å². The van der Waals surface area contributed by atoms with E-state index in [9.17, 15) is 4.57 Å². The van der Waals surface area contributed by atoms with E-state index >= 15 is 0 Å². The quantitative estimate of drug-likeness (QED) is 0.663. The van der Waals surface area contributed by atoms with Crippen LogP contribution in [0.15, 0.2) is 42.5 Å². The maximum atomic E-state index is 12.2. The molecule has 1 atom stereocenters. The third-order valence-corrected chi connectivity index (χ3v) is 7.07. The Hall–Kier alpha value is -1.81. The Morgan fingerprint density at radius 1 is 1.07 bits per heavy atom. The van der Waals surface area contributed by atoms with Gasteiger partial charge in [-0.3, -0.25) is 4.90 Å². The summed E-state index contributed by atoms with van der Waals surface area (Å²) >= 11 is 0. The second kappa shape index (κ2) is 7.79. The molecular weight excluding hydrogens is 385 g/mol. The van der Waals surface area contributed by atoms with Crippen molar-refractivity contribution in [2.75, 3.05) is 46.9 Å². The molecule has 1 spiro atoms. The fourth-order valence-electron chi connectivity index (χ4n) is 4.68. The van der Waals surface area contributed by atoms with Crippen LogP contribution in [0.25, 0.3) is 0 Å². The van der Waals surface area contributed by atoms with E-state index in [1.807, 2.05) is 25.5 Å². The van der Waals surface area contributed by atoms with Crippen molar-refractivity contribution < 1.29 is 18.8 Å². The number of benzene rings is 2. The van der Waals surface area contributed by atoms with E-state index in [1.54, 1.807) is 14.2 Å². The van der Waals surface area contributed by atoms with Gasteiger partial charge in [0.1, 0.15) is 6.10 Å². The summed E-state index contributed by atoms with van der Waals surface area (Å²) in [5.41, 5.74) is 3.30. The largest absolute Gasteiger partial charge is 0.493 e. The van der Waals surface area contributed by atoms with Gasteiger partial charge < -0.3 is 18.8 Å². The van der Waals surface area contributed by atoms with Gasteiger partial charge in [0.25, 0.3) is 0 Å². The van der Waals surface area contributed by atoms with Gasteiger partial charge in [-0.25, -0.2) is 0 Å². The van der Waals surface area contributed by atoms with Crippen LogP contribution in [0.4, 0.5) is 0 Å². The van der Waals surface area contributed by atoms with E-state index in [1.165, 1.54) is 11.1 Å². The summed E-state index contributed by atoms with van der Waals surface area (Å²) < 4.78 is 30.0. The molecule has 0 aliphatic carbocycles. The normalized spacial score (nSPS) is 21.2. The van der Waals surface area contributed by atoms with Crippen molar-refractivity contribution in [1.82, 2.24) is 4.90 Å². The first-order valence-electron chi connectivity index (χ1n) is 10.1. The van der Waals surface area contributed by atoms with Crippen molar-refractivity contribution in [2.24, 2.45) is 0 Å². The molecule has 0 bridgehead atoms. The second-order valence-electron chi connectivity index (χ2n) is 8.53. The molecule has 2 aromatic rings. The number of fused-ring (bicyclic) bond motifs is 2. The number of piperidine rings is 1. The molecule has 5 nitrogen and oxygen atoms in total. The lowest BCUT2D eigenvalue weighted by atomic mass is 9.83. The Morgan fingerprint density at radius 2 is 1.76 bits per heavy atom. The highest BCUT2D eigenvalue weighted by Gasteiger charge is 2.47. The molecule has 0 saturated carbocycles. The number of ether oxygens (including phenoxy) is 3. The average molecular weight is 415 g/mol. The van der Waals surface area contributed by atoms with Crippen LogP contribution < -0.4 is 9.47 Å². The van der Waals surface area contributed by atoms with Crippen LogP contribution in [0.3, 0.4) is 0 Å². The van der Waals surface area contributed by atoms with Crippen molar-refractivity contribution in [3.05, 3.63) is 59.2 Å². The predicted octanol–water partition coefficient (Wildman–Crippen LogP) is 4.69. The molecule has 0 radical (unpaired) electrons. The minimum Gasteiger partial charge on any atom is -0.493 e. The first kappa shape index (κ1) is 20.5. The molecular formula is C23H30NO4P. The van der Waals surface area contributed by atoms with Gasteiger partial charge in [-0.05, 0) is 55.0 Å². The van der Waals surface area contributed by atoms with Crippen molar-refractivity contribution >= 4 is 7.14 Å². The third-order valence-electron chi connectivity index (χ3n) is 5.99. The van der Waals surface area contributed by atoms with Crippen LogP contribution in [-0.4, -0.2) is 51.8 Å². The number of methoxy groups -OCH3 is 2. The first-order valence-corrected chi connectivity index (χ1v) is 12.9. The van der Waals surface area contributed by atoms with Crippen molar-refractivity contribution in [2.45, 2.75) is 24.5 Å². The Balaban J connectivity index is 1.63. The molecule has 29 heavy (non-hydrogen) atoms. The molecule has 1 saturated heterocycles. The number of likely N-dealkylation sites (tertiary alicyclic amines) is 1. The summed E-state index contributed by atoms with van der Waals surface area (Å²) in [4.78, 5) is 2.32. The molecule has 4 rings (SSSR count). The molecule has 156 valence electrons. The highest BCUT2D eigenvalue weighted by molar-refractivity contribution is 7.62. The van der Waals surface area contributed by atoms with Gasteiger partial charge in [0.05, 0.1) is 33.2 Å². The maximum absolute atomic E-state index is 12.2. The van der Waals surface area contributed by atoms with Crippen LogP contribution in [0.5, 0.6) is 11.5 Å².